The van der Waals surface area contributed by atoms with Crippen molar-refractivity contribution in [2.45, 2.75) is 25.4 Å². The van der Waals surface area contributed by atoms with Gasteiger partial charge in [0.05, 0.1) is 6.26 Å². The van der Waals surface area contributed by atoms with E-state index in [1.54, 1.807) is 11.8 Å². The number of hydrogen-bond acceptors (Lipinski definition) is 5. The highest BCUT2D eigenvalue weighted by Gasteiger charge is 2.16. The molecule has 0 fully saturated rings. The molecule has 1 aromatic heterocycles. The molecule has 0 spiro atoms. The van der Waals surface area contributed by atoms with Crippen LogP contribution < -0.4 is 4.72 Å². The van der Waals surface area contributed by atoms with Gasteiger partial charge in [-0.2, -0.15) is 0 Å². The summed E-state index contributed by atoms with van der Waals surface area (Å²) in [6, 6.07) is 16.5. The molecular weight excluding hydrogens is 392 g/mol. The van der Waals surface area contributed by atoms with Gasteiger partial charge in [0.15, 0.2) is 11.0 Å². The molecule has 3 aromatic rings. The Kier molecular flexibility index (Phi) is 6.53. The molecule has 0 amide bonds. The minimum absolute atomic E-state index is 0.412. The summed E-state index contributed by atoms with van der Waals surface area (Å²) in [5.41, 5.74) is 4.39. The second-order valence-corrected chi connectivity index (χ2v) is 9.61. The van der Waals surface area contributed by atoms with Crippen LogP contribution in [0.1, 0.15) is 17.5 Å². The van der Waals surface area contributed by atoms with Gasteiger partial charge in [-0.25, -0.2) is 13.1 Å². The van der Waals surface area contributed by atoms with Crippen LogP contribution in [0, 0.1) is 13.8 Å². The zero-order valence-electron chi connectivity index (χ0n) is 16.2. The summed E-state index contributed by atoms with van der Waals surface area (Å²) in [4.78, 5) is 0. The third-order valence-corrected chi connectivity index (χ3v) is 5.90. The molecule has 148 valence electrons. The first-order valence-corrected chi connectivity index (χ1v) is 11.9. The number of aromatic nitrogens is 3. The van der Waals surface area contributed by atoms with E-state index in [2.05, 4.69) is 81.9 Å². The Morgan fingerprint density at radius 3 is 2.18 bits per heavy atom. The van der Waals surface area contributed by atoms with Crippen molar-refractivity contribution >= 4 is 21.8 Å². The highest BCUT2D eigenvalue weighted by atomic mass is 32.2. The molecule has 0 radical (unpaired) electrons. The van der Waals surface area contributed by atoms with Crippen molar-refractivity contribution in [1.29, 1.82) is 0 Å². The molecule has 0 unspecified atom stereocenters. The molecule has 1 N–H and O–H groups in total. The van der Waals surface area contributed by atoms with E-state index in [1.165, 1.54) is 17.4 Å². The van der Waals surface area contributed by atoms with E-state index in [9.17, 15) is 8.42 Å². The van der Waals surface area contributed by atoms with E-state index < -0.39 is 10.0 Å². The lowest BCUT2D eigenvalue weighted by Gasteiger charge is -2.11. The summed E-state index contributed by atoms with van der Waals surface area (Å²) >= 11 is 1.57. The van der Waals surface area contributed by atoms with Crippen molar-refractivity contribution in [2.24, 2.45) is 0 Å². The maximum absolute atomic E-state index is 11.2. The van der Waals surface area contributed by atoms with E-state index >= 15 is 0 Å². The fraction of sp³-hybridized carbons (Fsp3) is 0.300. The van der Waals surface area contributed by atoms with Gasteiger partial charge >= 0.3 is 0 Å². The molecule has 0 saturated carbocycles. The van der Waals surface area contributed by atoms with E-state index in [0.717, 1.165) is 28.0 Å². The van der Waals surface area contributed by atoms with E-state index in [4.69, 9.17) is 0 Å². The molecular formula is C20H24N4O2S2. The number of benzene rings is 2. The molecule has 0 atom stereocenters. The summed E-state index contributed by atoms with van der Waals surface area (Å²) in [7, 11) is -3.15. The lowest BCUT2D eigenvalue weighted by atomic mass is 10.1. The van der Waals surface area contributed by atoms with Crippen molar-refractivity contribution in [3.05, 3.63) is 59.7 Å². The van der Waals surface area contributed by atoms with Gasteiger partial charge in [-0.05, 0) is 32.4 Å². The average molecular weight is 417 g/mol. The van der Waals surface area contributed by atoms with Crippen LogP contribution in [-0.4, -0.2) is 41.7 Å². The van der Waals surface area contributed by atoms with Gasteiger partial charge in [0.2, 0.25) is 10.0 Å². The molecule has 0 aliphatic heterocycles. The Morgan fingerprint density at radius 1 is 0.964 bits per heavy atom. The van der Waals surface area contributed by atoms with Crippen molar-refractivity contribution in [2.75, 3.05) is 18.6 Å². The maximum atomic E-state index is 11.2. The van der Waals surface area contributed by atoms with Gasteiger partial charge in [-0.3, -0.25) is 4.57 Å². The van der Waals surface area contributed by atoms with Crippen molar-refractivity contribution in [1.82, 2.24) is 19.5 Å². The minimum atomic E-state index is -3.15. The molecule has 8 heteroatoms. The number of hydrogen-bond donors (Lipinski definition) is 1. The van der Waals surface area contributed by atoms with Crippen LogP contribution in [0.3, 0.4) is 0 Å². The van der Waals surface area contributed by atoms with Gasteiger partial charge in [-0.1, -0.05) is 59.3 Å². The topological polar surface area (TPSA) is 76.9 Å². The normalized spacial score (nSPS) is 11.7. The van der Waals surface area contributed by atoms with Crippen LogP contribution in [0.4, 0.5) is 0 Å². The largest absolute Gasteiger partial charge is 0.270 e. The average Bonchev–Trinajstić information content (AvgIpc) is 3.05. The van der Waals surface area contributed by atoms with Crippen LogP contribution in [0.5, 0.6) is 0 Å². The van der Waals surface area contributed by atoms with Crippen molar-refractivity contribution < 1.29 is 8.42 Å². The second kappa shape index (κ2) is 8.89. The fourth-order valence-corrected chi connectivity index (χ4v) is 4.08. The molecule has 1 heterocycles. The number of thioether (sulfide) groups is 1. The Balaban J connectivity index is 1.85. The number of sulfonamides is 1. The van der Waals surface area contributed by atoms with Gasteiger partial charge in [0.25, 0.3) is 0 Å². The zero-order valence-corrected chi connectivity index (χ0v) is 17.8. The molecule has 6 nitrogen and oxygen atoms in total. The van der Waals surface area contributed by atoms with Crippen LogP contribution in [0.2, 0.25) is 0 Å². The first kappa shape index (κ1) is 20.6. The van der Waals surface area contributed by atoms with E-state index in [1.807, 2.05) is 0 Å². The van der Waals surface area contributed by atoms with E-state index in [-0.39, 0.29) is 0 Å². The smallest absolute Gasteiger partial charge is 0.208 e. The Labute approximate surface area is 170 Å². The summed E-state index contributed by atoms with van der Waals surface area (Å²) < 4.78 is 26.9. The quantitative estimate of drug-likeness (QED) is 0.449. The minimum Gasteiger partial charge on any atom is -0.270 e. The molecule has 3 rings (SSSR count). The number of nitrogens with zero attached hydrogens (tertiary/aromatic N) is 3. The summed E-state index contributed by atoms with van der Waals surface area (Å²) in [6.45, 7) is 4.52. The Bertz CT molecular complexity index is 1030. The third-order valence-electron chi connectivity index (χ3n) is 4.15. The van der Waals surface area contributed by atoms with Gasteiger partial charge in [0, 0.05) is 23.5 Å². The first-order valence-electron chi connectivity index (χ1n) is 9.00. The van der Waals surface area contributed by atoms with Gasteiger partial charge in [-0.15, -0.1) is 10.2 Å². The molecule has 0 aliphatic rings. The highest BCUT2D eigenvalue weighted by Crippen LogP contribution is 2.28. The van der Waals surface area contributed by atoms with Crippen LogP contribution in [0.25, 0.3) is 17.1 Å². The fourth-order valence-electron chi connectivity index (χ4n) is 2.67. The second-order valence-electron chi connectivity index (χ2n) is 6.71. The molecule has 2 aromatic carbocycles. The summed E-state index contributed by atoms with van der Waals surface area (Å²) in [5.74, 6) is 1.53. The monoisotopic (exact) mass is 416 g/mol. The van der Waals surface area contributed by atoms with E-state index in [0.29, 0.717) is 13.0 Å². The summed E-state index contributed by atoms with van der Waals surface area (Å²) in [6.07, 6.45) is 1.88. The Hall–Kier alpha value is -2.16. The summed E-state index contributed by atoms with van der Waals surface area (Å²) in [5, 5.41) is 9.62. The number of rotatable bonds is 8. The lowest BCUT2D eigenvalue weighted by Crippen LogP contribution is -2.23. The predicted molar refractivity (Wildman–Crippen MR) is 114 cm³/mol. The van der Waals surface area contributed by atoms with Crippen LogP contribution >= 0.6 is 11.8 Å². The standard InChI is InChI=1S/C20H24N4O2S2/c1-15-5-9-17(10-6-15)19-22-23-20(27-14-4-13-21-28(3,25)26)24(19)18-11-7-16(2)8-12-18/h5-12,21H,4,13-14H2,1-3H3. The molecule has 0 bridgehead atoms. The van der Waals surface area contributed by atoms with Crippen molar-refractivity contribution in [3.63, 3.8) is 0 Å². The van der Waals surface area contributed by atoms with Crippen LogP contribution in [0.15, 0.2) is 53.7 Å². The highest BCUT2D eigenvalue weighted by molar-refractivity contribution is 7.99. The molecule has 0 aliphatic carbocycles. The zero-order chi connectivity index (χ0) is 20.1. The lowest BCUT2D eigenvalue weighted by molar-refractivity contribution is 0.587. The molecule has 28 heavy (non-hydrogen) atoms. The Morgan fingerprint density at radius 2 is 1.57 bits per heavy atom. The van der Waals surface area contributed by atoms with Crippen LogP contribution in [-0.2, 0) is 10.0 Å². The van der Waals surface area contributed by atoms with Gasteiger partial charge < -0.3 is 0 Å². The maximum Gasteiger partial charge on any atom is 0.208 e. The molecule has 0 saturated heterocycles. The predicted octanol–water partition coefficient (Wildman–Crippen LogP) is 3.58. The van der Waals surface area contributed by atoms with Gasteiger partial charge in [0.1, 0.15) is 0 Å². The third kappa shape index (κ3) is 5.43. The number of nitrogens with one attached hydrogen (secondary N) is 1. The van der Waals surface area contributed by atoms with Crippen molar-refractivity contribution in [3.8, 4) is 17.1 Å². The SMILES string of the molecule is Cc1ccc(-c2nnc(SCCCNS(C)(=O)=O)n2-c2ccc(C)cc2)cc1. The first-order chi connectivity index (χ1) is 13.3. The number of aryl methyl sites for hydroxylation is 2.